The van der Waals surface area contributed by atoms with Gasteiger partial charge in [0, 0.05) is 33.9 Å². The van der Waals surface area contributed by atoms with Gasteiger partial charge in [-0.2, -0.15) is 0 Å². The topological polar surface area (TPSA) is 15.3 Å². The van der Waals surface area contributed by atoms with E-state index in [4.69, 9.17) is 0 Å². The van der Waals surface area contributed by atoms with Gasteiger partial charge in [-0.1, -0.05) is 6.42 Å². The molecule has 1 N–H and O–H groups in total. The number of hydrogen-bond donors (Lipinski definition) is 1. The number of fused-ring (bicyclic) bond motifs is 2. The van der Waals surface area contributed by atoms with Gasteiger partial charge >= 0.3 is 0 Å². The van der Waals surface area contributed by atoms with Crippen LogP contribution in [0.3, 0.4) is 0 Å². The first-order valence-electron chi connectivity index (χ1n) is 8.09. The first-order chi connectivity index (χ1) is 9.54. The van der Waals surface area contributed by atoms with E-state index in [-0.39, 0.29) is 0 Å². The number of hydrogen-bond acceptors (Lipinski definition) is 3. The predicted molar refractivity (Wildman–Crippen MR) is 87.6 cm³/mol. The van der Waals surface area contributed by atoms with Crippen LogP contribution in [-0.4, -0.2) is 30.1 Å². The largest absolute Gasteiger partial charge is 0.307 e. The quantitative estimate of drug-likeness (QED) is 0.905. The highest BCUT2D eigenvalue weighted by molar-refractivity contribution is 7.12. The Morgan fingerprint density at radius 1 is 1.25 bits per heavy atom. The Balaban J connectivity index is 1.65. The first kappa shape index (κ1) is 14.6. The van der Waals surface area contributed by atoms with Gasteiger partial charge in [-0.25, -0.2) is 0 Å². The summed E-state index contributed by atoms with van der Waals surface area (Å²) < 4.78 is 0. The third kappa shape index (κ3) is 2.81. The fourth-order valence-electron chi connectivity index (χ4n) is 4.28. The summed E-state index contributed by atoms with van der Waals surface area (Å²) in [7, 11) is 2.33. The van der Waals surface area contributed by atoms with Crippen LogP contribution in [0.1, 0.15) is 60.4 Å². The molecule has 2 fully saturated rings. The maximum absolute atomic E-state index is 3.92. The minimum atomic E-state index is 0.495. The Labute approximate surface area is 127 Å². The van der Waals surface area contributed by atoms with Crippen LogP contribution < -0.4 is 5.32 Å². The van der Waals surface area contributed by atoms with Crippen LogP contribution >= 0.6 is 11.3 Å². The number of aryl methyl sites for hydroxylation is 2. The van der Waals surface area contributed by atoms with Crippen molar-refractivity contribution in [2.75, 3.05) is 7.05 Å². The fraction of sp³-hybridized carbons (Fsp3) is 0.765. The van der Waals surface area contributed by atoms with E-state index in [1.54, 1.807) is 0 Å². The molecular formula is C17H28N2S. The van der Waals surface area contributed by atoms with Crippen molar-refractivity contribution in [2.24, 2.45) is 0 Å². The monoisotopic (exact) mass is 292 g/mol. The van der Waals surface area contributed by atoms with Crippen LogP contribution in [0.25, 0.3) is 0 Å². The van der Waals surface area contributed by atoms with Crippen LogP contribution in [0.15, 0.2) is 6.07 Å². The van der Waals surface area contributed by atoms with Gasteiger partial charge in [-0.05, 0) is 65.1 Å². The van der Waals surface area contributed by atoms with E-state index in [2.05, 4.69) is 44.1 Å². The highest BCUT2D eigenvalue weighted by Crippen LogP contribution is 2.34. The number of nitrogens with zero attached hydrogens (tertiary/aromatic N) is 1. The zero-order valence-corrected chi connectivity index (χ0v) is 14.1. The van der Waals surface area contributed by atoms with Crippen molar-refractivity contribution >= 4 is 11.3 Å². The third-order valence-electron chi connectivity index (χ3n) is 5.37. The van der Waals surface area contributed by atoms with Crippen molar-refractivity contribution in [1.82, 2.24) is 10.2 Å². The van der Waals surface area contributed by atoms with E-state index in [1.165, 1.54) is 47.4 Å². The molecule has 2 aliphatic heterocycles. The first-order valence-corrected chi connectivity index (χ1v) is 8.91. The second-order valence-corrected chi connectivity index (χ2v) is 8.29. The van der Waals surface area contributed by atoms with E-state index >= 15 is 0 Å². The zero-order chi connectivity index (χ0) is 14.3. The van der Waals surface area contributed by atoms with Gasteiger partial charge in [-0.3, -0.25) is 0 Å². The number of thiophene rings is 1. The molecule has 0 aromatic carbocycles. The van der Waals surface area contributed by atoms with Crippen LogP contribution in [-0.2, 0) is 0 Å². The number of rotatable bonds is 3. The van der Waals surface area contributed by atoms with Gasteiger partial charge in [0.15, 0.2) is 0 Å². The van der Waals surface area contributed by atoms with Gasteiger partial charge in [0.2, 0.25) is 0 Å². The number of piperidine rings is 2. The molecule has 20 heavy (non-hydrogen) atoms. The molecule has 0 amide bonds. The Bertz CT molecular complexity index is 454. The molecule has 3 atom stereocenters. The minimum absolute atomic E-state index is 0.495. The maximum Gasteiger partial charge on any atom is 0.0305 e. The predicted octanol–water partition coefficient (Wildman–Crippen LogP) is 4.03. The average Bonchev–Trinajstić information content (AvgIpc) is 2.70. The normalized spacial score (nSPS) is 32.3. The standard InChI is InChI=1S/C17H28N2S/c1-11-8-17(13(3)20-11)12(2)18-14-9-15-6-5-7-16(10-14)19(15)4/h8,12,14-16,18H,5-7,9-10H2,1-4H3. The second kappa shape index (κ2) is 5.78. The summed E-state index contributed by atoms with van der Waals surface area (Å²) >= 11 is 1.93. The molecule has 2 saturated heterocycles. The summed E-state index contributed by atoms with van der Waals surface area (Å²) in [6.45, 7) is 6.81. The van der Waals surface area contributed by atoms with Gasteiger partial charge in [-0.15, -0.1) is 11.3 Å². The van der Waals surface area contributed by atoms with Crippen molar-refractivity contribution in [3.8, 4) is 0 Å². The molecule has 3 rings (SSSR count). The summed E-state index contributed by atoms with van der Waals surface area (Å²) in [6.07, 6.45) is 6.90. The lowest BCUT2D eigenvalue weighted by Crippen LogP contribution is -2.54. The molecule has 1 aromatic heterocycles. The van der Waals surface area contributed by atoms with Crippen molar-refractivity contribution in [2.45, 2.75) is 77.0 Å². The van der Waals surface area contributed by atoms with Crippen LogP contribution in [0.4, 0.5) is 0 Å². The molecule has 3 heteroatoms. The Morgan fingerprint density at radius 3 is 2.45 bits per heavy atom. The van der Waals surface area contributed by atoms with Crippen molar-refractivity contribution in [3.63, 3.8) is 0 Å². The van der Waals surface area contributed by atoms with Crippen LogP contribution in [0, 0.1) is 13.8 Å². The SMILES string of the molecule is Cc1cc(C(C)NC2CC3CCCC(C2)N3C)c(C)s1. The average molecular weight is 292 g/mol. The van der Waals surface area contributed by atoms with E-state index in [0.29, 0.717) is 12.1 Å². The van der Waals surface area contributed by atoms with Crippen LogP contribution in [0.2, 0.25) is 0 Å². The minimum Gasteiger partial charge on any atom is -0.307 e. The van der Waals surface area contributed by atoms with Crippen molar-refractivity contribution in [1.29, 1.82) is 0 Å². The van der Waals surface area contributed by atoms with E-state index in [0.717, 1.165) is 12.1 Å². The molecule has 0 spiro atoms. The molecule has 2 bridgehead atoms. The Hall–Kier alpha value is -0.380. The molecule has 3 unspecified atom stereocenters. The molecule has 0 saturated carbocycles. The summed E-state index contributed by atoms with van der Waals surface area (Å²) in [5, 5.41) is 3.92. The fourth-order valence-corrected chi connectivity index (χ4v) is 5.30. The summed E-state index contributed by atoms with van der Waals surface area (Å²) in [5.41, 5.74) is 1.51. The molecular weight excluding hydrogens is 264 g/mol. The molecule has 0 aliphatic carbocycles. The van der Waals surface area contributed by atoms with E-state index < -0.39 is 0 Å². The second-order valence-electron chi connectivity index (χ2n) is 6.83. The van der Waals surface area contributed by atoms with Gasteiger partial charge in [0.25, 0.3) is 0 Å². The zero-order valence-electron chi connectivity index (χ0n) is 13.3. The van der Waals surface area contributed by atoms with E-state index in [1.807, 2.05) is 11.3 Å². The molecule has 0 radical (unpaired) electrons. The van der Waals surface area contributed by atoms with Crippen molar-refractivity contribution < 1.29 is 0 Å². The van der Waals surface area contributed by atoms with E-state index in [9.17, 15) is 0 Å². The summed E-state index contributed by atoms with van der Waals surface area (Å²) in [6, 6.07) is 5.20. The van der Waals surface area contributed by atoms with Gasteiger partial charge in [0.05, 0.1) is 0 Å². The lowest BCUT2D eigenvalue weighted by atomic mass is 9.82. The number of nitrogens with one attached hydrogen (secondary N) is 1. The maximum atomic E-state index is 3.92. The lowest BCUT2D eigenvalue weighted by Gasteiger charge is -2.47. The smallest absolute Gasteiger partial charge is 0.0305 e. The summed E-state index contributed by atoms with van der Waals surface area (Å²) in [5.74, 6) is 0. The highest BCUT2D eigenvalue weighted by atomic mass is 32.1. The lowest BCUT2D eigenvalue weighted by molar-refractivity contribution is 0.0463. The molecule has 2 aliphatic rings. The molecule has 112 valence electrons. The Kier molecular flexibility index (Phi) is 4.21. The molecule has 3 heterocycles. The molecule has 2 nitrogen and oxygen atoms in total. The summed E-state index contributed by atoms with van der Waals surface area (Å²) in [4.78, 5) is 5.56. The van der Waals surface area contributed by atoms with Crippen LogP contribution in [0.5, 0.6) is 0 Å². The highest BCUT2D eigenvalue weighted by Gasteiger charge is 2.36. The van der Waals surface area contributed by atoms with Crippen molar-refractivity contribution in [3.05, 3.63) is 21.4 Å². The van der Waals surface area contributed by atoms with Gasteiger partial charge < -0.3 is 10.2 Å². The van der Waals surface area contributed by atoms with Gasteiger partial charge in [0.1, 0.15) is 0 Å². The third-order valence-corrected chi connectivity index (χ3v) is 6.35. The Morgan fingerprint density at radius 2 is 1.90 bits per heavy atom. The molecule has 1 aromatic rings.